The van der Waals surface area contributed by atoms with Gasteiger partial charge in [0.05, 0.1) is 4.92 Å². The molecule has 0 aromatic heterocycles. The predicted molar refractivity (Wildman–Crippen MR) is 58.9 cm³/mol. The van der Waals surface area contributed by atoms with Crippen molar-refractivity contribution in [2.24, 2.45) is 0 Å². The Labute approximate surface area is 96.8 Å². The first-order valence-corrected chi connectivity index (χ1v) is 5.33. The molecule has 0 heterocycles. The van der Waals surface area contributed by atoms with Crippen LogP contribution in [0.3, 0.4) is 0 Å². The van der Waals surface area contributed by atoms with Crippen LogP contribution >= 0.6 is 0 Å². The van der Waals surface area contributed by atoms with E-state index in [1.54, 1.807) is 0 Å². The van der Waals surface area contributed by atoms with E-state index in [4.69, 9.17) is 0 Å². The number of anilines is 1. The molecule has 1 aromatic rings. The summed E-state index contributed by atoms with van der Waals surface area (Å²) in [5, 5.41) is 13.5. The Morgan fingerprint density at radius 3 is 2.53 bits per heavy atom. The van der Waals surface area contributed by atoms with E-state index >= 15 is 0 Å². The second-order valence-corrected chi connectivity index (χ2v) is 4.55. The average Bonchev–Trinajstić information content (AvgIpc) is 2.22. The molecule has 1 aliphatic carbocycles. The molecule has 0 radical (unpaired) electrons. The highest BCUT2D eigenvalue weighted by Gasteiger charge is 2.35. The zero-order valence-electron chi connectivity index (χ0n) is 9.30. The Bertz CT molecular complexity index is 473. The maximum atomic E-state index is 13.6. The minimum atomic E-state index is -1.19. The summed E-state index contributed by atoms with van der Waals surface area (Å²) in [4.78, 5) is 10.0. The summed E-state index contributed by atoms with van der Waals surface area (Å²) in [5.74, 6) is -2.27. The summed E-state index contributed by atoms with van der Waals surface area (Å²) in [6.45, 7) is 1.84. The molecule has 0 aliphatic heterocycles. The van der Waals surface area contributed by atoms with Crippen LogP contribution in [0.2, 0.25) is 0 Å². The lowest BCUT2D eigenvalue weighted by molar-refractivity contribution is -0.384. The van der Waals surface area contributed by atoms with Gasteiger partial charge in [0.15, 0.2) is 17.3 Å². The van der Waals surface area contributed by atoms with Crippen LogP contribution in [0.1, 0.15) is 26.2 Å². The standard InChI is InChI=1S/C11H12F2N2O2/c1-11(5-2-6-11)14-10-8(15(16)17)4-3-7(12)9(10)13/h3-4,14H,2,5-6H2,1H3. The van der Waals surface area contributed by atoms with Crippen LogP contribution < -0.4 is 5.32 Å². The van der Waals surface area contributed by atoms with Gasteiger partial charge in [0.25, 0.3) is 5.69 Å². The maximum absolute atomic E-state index is 13.6. The summed E-state index contributed by atoms with van der Waals surface area (Å²) < 4.78 is 26.7. The summed E-state index contributed by atoms with van der Waals surface area (Å²) in [6, 6.07) is 1.74. The summed E-state index contributed by atoms with van der Waals surface area (Å²) >= 11 is 0. The predicted octanol–water partition coefficient (Wildman–Crippen LogP) is 3.23. The number of nitrogens with one attached hydrogen (secondary N) is 1. The second-order valence-electron chi connectivity index (χ2n) is 4.55. The van der Waals surface area contributed by atoms with Crippen molar-refractivity contribution in [3.8, 4) is 0 Å². The van der Waals surface area contributed by atoms with Crippen molar-refractivity contribution in [3.05, 3.63) is 33.9 Å². The van der Waals surface area contributed by atoms with Crippen LogP contribution in [-0.2, 0) is 0 Å². The minimum absolute atomic E-state index is 0.350. The number of rotatable bonds is 3. The minimum Gasteiger partial charge on any atom is -0.372 e. The highest BCUT2D eigenvalue weighted by atomic mass is 19.2. The molecule has 4 nitrogen and oxygen atoms in total. The van der Waals surface area contributed by atoms with Gasteiger partial charge in [-0.15, -0.1) is 0 Å². The van der Waals surface area contributed by atoms with Crippen molar-refractivity contribution in [3.63, 3.8) is 0 Å². The molecule has 0 amide bonds. The molecular weight excluding hydrogens is 230 g/mol. The number of hydrogen-bond acceptors (Lipinski definition) is 3. The van der Waals surface area contributed by atoms with Gasteiger partial charge in [-0.1, -0.05) is 0 Å². The molecular formula is C11H12F2N2O2. The van der Waals surface area contributed by atoms with Gasteiger partial charge >= 0.3 is 0 Å². The van der Waals surface area contributed by atoms with Crippen molar-refractivity contribution >= 4 is 11.4 Å². The molecule has 92 valence electrons. The molecule has 1 aromatic carbocycles. The third-order valence-corrected chi connectivity index (χ3v) is 3.15. The Balaban J connectivity index is 2.42. The first kappa shape index (κ1) is 11.8. The lowest BCUT2D eigenvalue weighted by Crippen LogP contribution is -2.42. The van der Waals surface area contributed by atoms with Gasteiger partial charge in [0, 0.05) is 11.6 Å². The lowest BCUT2D eigenvalue weighted by atomic mass is 9.78. The van der Waals surface area contributed by atoms with Crippen molar-refractivity contribution < 1.29 is 13.7 Å². The monoisotopic (exact) mass is 242 g/mol. The molecule has 0 spiro atoms. The van der Waals surface area contributed by atoms with E-state index in [1.807, 2.05) is 6.92 Å². The summed E-state index contributed by atoms with van der Waals surface area (Å²) in [7, 11) is 0. The summed E-state index contributed by atoms with van der Waals surface area (Å²) in [5.41, 5.74) is -1.16. The SMILES string of the molecule is CC1(Nc2c([N+](=O)[O-])ccc(F)c2F)CCC1. The molecule has 1 aliphatic rings. The first-order chi connectivity index (χ1) is 7.93. The number of nitro benzene ring substituents is 1. The van der Waals surface area contributed by atoms with Crippen LogP contribution in [0.25, 0.3) is 0 Å². The zero-order chi connectivity index (χ0) is 12.6. The fourth-order valence-corrected chi connectivity index (χ4v) is 1.95. The van der Waals surface area contributed by atoms with E-state index < -0.39 is 22.2 Å². The van der Waals surface area contributed by atoms with Crippen LogP contribution in [-0.4, -0.2) is 10.5 Å². The van der Waals surface area contributed by atoms with Crippen molar-refractivity contribution in [1.82, 2.24) is 0 Å². The Hall–Kier alpha value is -1.72. The topological polar surface area (TPSA) is 55.2 Å². The molecule has 0 saturated heterocycles. The van der Waals surface area contributed by atoms with Gasteiger partial charge in [-0.2, -0.15) is 0 Å². The number of halogens is 2. The number of nitro groups is 1. The number of benzene rings is 1. The molecule has 1 N–H and O–H groups in total. The van der Waals surface area contributed by atoms with Gasteiger partial charge in [-0.3, -0.25) is 10.1 Å². The molecule has 2 rings (SSSR count). The highest BCUT2D eigenvalue weighted by molar-refractivity contribution is 5.64. The fourth-order valence-electron chi connectivity index (χ4n) is 1.95. The molecule has 0 atom stereocenters. The van der Waals surface area contributed by atoms with Crippen molar-refractivity contribution in [2.75, 3.05) is 5.32 Å². The van der Waals surface area contributed by atoms with E-state index in [2.05, 4.69) is 5.32 Å². The lowest BCUT2D eigenvalue weighted by Gasteiger charge is -2.39. The van der Waals surface area contributed by atoms with E-state index in [0.717, 1.165) is 31.4 Å². The molecule has 1 saturated carbocycles. The van der Waals surface area contributed by atoms with Gasteiger partial charge in [-0.05, 0) is 32.3 Å². The van der Waals surface area contributed by atoms with Crippen LogP contribution in [0.15, 0.2) is 12.1 Å². The molecule has 0 bridgehead atoms. The third kappa shape index (κ3) is 2.07. The molecule has 0 unspecified atom stereocenters. The zero-order valence-corrected chi connectivity index (χ0v) is 9.30. The van der Waals surface area contributed by atoms with E-state index in [9.17, 15) is 18.9 Å². The fraction of sp³-hybridized carbons (Fsp3) is 0.455. The quantitative estimate of drug-likeness (QED) is 0.654. The Kier molecular flexibility index (Phi) is 2.73. The number of nitrogens with zero attached hydrogens (tertiary/aromatic N) is 1. The third-order valence-electron chi connectivity index (χ3n) is 3.15. The average molecular weight is 242 g/mol. The largest absolute Gasteiger partial charge is 0.372 e. The summed E-state index contributed by atoms with van der Waals surface area (Å²) in [6.07, 6.45) is 2.56. The van der Waals surface area contributed by atoms with E-state index in [0.29, 0.717) is 0 Å². The molecule has 6 heteroatoms. The highest BCUT2D eigenvalue weighted by Crippen LogP contribution is 2.39. The van der Waals surface area contributed by atoms with Crippen LogP contribution in [0.4, 0.5) is 20.2 Å². The number of hydrogen-bond donors (Lipinski definition) is 1. The second kappa shape index (κ2) is 3.94. The van der Waals surface area contributed by atoms with Crippen molar-refractivity contribution in [1.29, 1.82) is 0 Å². The van der Waals surface area contributed by atoms with E-state index in [-0.39, 0.29) is 11.2 Å². The van der Waals surface area contributed by atoms with Crippen LogP contribution in [0, 0.1) is 21.7 Å². The molecule has 17 heavy (non-hydrogen) atoms. The van der Waals surface area contributed by atoms with E-state index in [1.165, 1.54) is 0 Å². The normalized spacial score (nSPS) is 17.4. The smallest absolute Gasteiger partial charge is 0.295 e. The van der Waals surface area contributed by atoms with Crippen LogP contribution in [0.5, 0.6) is 0 Å². The Morgan fingerprint density at radius 2 is 2.06 bits per heavy atom. The van der Waals surface area contributed by atoms with Gasteiger partial charge in [0.1, 0.15) is 0 Å². The maximum Gasteiger partial charge on any atom is 0.295 e. The molecule has 1 fully saturated rings. The first-order valence-electron chi connectivity index (χ1n) is 5.33. The van der Waals surface area contributed by atoms with Gasteiger partial charge < -0.3 is 5.32 Å². The van der Waals surface area contributed by atoms with Gasteiger partial charge in [-0.25, -0.2) is 8.78 Å². The Morgan fingerprint density at radius 1 is 1.41 bits per heavy atom. The van der Waals surface area contributed by atoms with Crippen molar-refractivity contribution in [2.45, 2.75) is 31.7 Å². The van der Waals surface area contributed by atoms with Gasteiger partial charge in [0.2, 0.25) is 0 Å².